The lowest BCUT2D eigenvalue weighted by atomic mass is 9.99. The Kier molecular flexibility index (Phi) is 7.64. The number of halogens is 2. The molecule has 0 radical (unpaired) electrons. The van der Waals surface area contributed by atoms with Crippen LogP contribution in [0.25, 0.3) is 0 Å². The molecule has 1 aromatic rings. The van der Waals surface area contributed by atoms with Crippen LogP contribution in [0.1, 0.15) is 30.6 Å². The number of ether oxygens (including phenoxy) is 2. The first-order chi connectivity index (χ1) is 11.3. The van der Waals surface area contributed by atoms with Gasteiger partial charge in [-0.3, -0.25) is 4.79 Å². The van der Waals surface area contributed by atoms with Gasteiger partial charge in [0.1, 0.15) is 11.9 Å². The van der Waals surface area contributed by atoms with Crippen molar-refractivity contribution in [1.82, 2.24) is 5.32 Å². The first kappa shape index (κ1) is 19.9. The lowest BCUT2D eigenvalue weighted by molar-refractivity contribution is -0.147. The van der Waals surface area contributed by atoms with Crippen molar-refractivity contribution in [2.24, 2.45) is 5.92 Å². The van der Waals surface area contributed by atoms with Gasteiger partial charge in [-0.25, -0.2) is 14.0 Å². The van der Waals surface area contributed by atoms with Gasteiger partial charge in [0.15, 0.2) is 6.61 Å². The minimum absolute atomic E-state index is 0.0580. The van der Waals surface area contributed by atoms with Crippen molar-refractivity contribution in [2.75, 3.05) is 13.7 Å². The zero-order valence-corrected chi connectivity index (χ0v) is 14.4. The van der Waals surface area contributed by atoms with E-state index in [0.717, 1.165) is 18.2 Å². The summed E-state index contributed by atoms with van der Waals surface area (Å²) in [5.74, 6) is -2.84. The van der Waals surface area contributed by atoms with E-state index in [-0.39, 0.29) is 16.5 Å². The second-order valence-corrected chi connectivity index (χ2v) is 5.56. The normalized spacial score (nSPS) is 12.9. The topological polar surface area (TPSA) is 81.7 Å². The summed E-state index contributed by atoms with van der Waals surface area (Å²) in [5, 5.41) is 2.35. The molecule has 1 N–H and O–H groups in total. The number of amides is 1. The third-order valence-electron chi connectivity index (χ3n) is 3.47. The summed E-state index contributed by atoms with van der Waals surface area (Å²) in [6.07, 6.45) is 0.644. The number of nitrogens with one attached hydrogen (secondary N) is 1. The van der Waals surface area contributed by atoms with Crippen LogP contribution in [0.5, 0.6) is 0 Å². The van der Waals surface area contributed by atoms with Crippen LogP contribution in [-0.4, -0.2) is 37.6 Å². The molecule has 1 amide bonds. The third kappa shape index (κ3) is 5.49. The number of carbonyl (C=O) groups excluding carboxylic acids is 3. The Balaban J connectivity index is 2.64. The molecule has 24 heavy (non-hydrogen) atoms. The highest BCUT2D eigenvalue weighted by atomic mass is 35.5. The maximum Gasteiger partial charge on any atom is 0.340 e. The molecule has 0 aliphatic rings. The monoisotopic (exact) mass is 359 g/mol. The summed E-state index contributed by atoms with van der Waals surface area (Å²) < 4.78 is 22.4. The molecule has 0 unspecified atom stereocenters. The highest BCUT2D eigenvalue weighted by molar-refractivity contribution is 6.33. The summed E-state index contributed by atoms with van der Waals surface area (Å²) in [6.45, 7) is 3.05. The standard InChI is InChI=1S/C16H19ClFNO5/c1-4-9(2)14(16(22)23-3)19-13(20)8-24-15(21)11-6-5-10(18)7-12(11)17/h5-7,9,14H,4,8H2,1-3H3,(H,19,20)/t9-,14-/m0/s1. The van der Waals surface area contributed by atoms with Gasteiger partial charge in [0.05, 0.1) is 17.7 Å². The molecule has 1 rings (SSSR count). The Morgan fingerprint density at radius 3 is 2.54 bits per heavy atom. The molecular weight excluding hydrogens is 341 g/mol. The van der Waals surface area contributed by atoms with E-state index in [0.29, 0.717) is 6.42 Å². The van der Waals surface area contributed by atoms with Crippen LogP contribution in [0.2, 0.25) is 5.02 Å². The fourth-order valence-corrected chi connectivity index (χ4v) is 2.12. The summed E-state index contributed by atoms with van der Waals surface area (Å²) in [5.41, 5.74) is -0.0580. The number of carbonyl (C=O) groups is 3. The van der Waals surface area contributed by atoms with Crippen LogP contribution in [0.4, 0.5) is 4.39 Å². The van der Waals surface area contributed by atoms with Gasteiger partial charge in [-0.2, -0.15) is 0 Å². The van der Waals surface area contributed by atoms with Gasteiger partial charge in [-0.05, 0) is 24.1 Å². The van der Waals surface area contributed by atoms with E-state index < -0.39 is 36.3 Å². The maximum absolute atomic E-state index is 12.9. The second-order valence-electron chi connectivity index (χ2n) is 5.15. The smallest absolute Gasteiger partial charge is 0.340 e. The molecule has 6 nitrogen and oxygen atoms in total. The summed E-state index contributed by atoms with van der Waals surface area (Å²) >= 11 is 5.74. The molecule has 0 aliphatic carbocycles. The Bertz CT molecular complexity index is 622. The van der Waals surface area contributed by atoms with E-state index in [1.807, 2.05) is 6.92 Å². The van der Waals surface area contributed by atoms with Crippen molar-refractivity contribution in [3.05, 3.63) is 34.6 Å². The van der Waals surface area contributed by atoms with E-state index in [2.05, 4.69) is 10.1 Å². The number of benzene rings is 1. The van der Waals surface area contributed by atoms with E-state index in [4.69, 9.17) is 16.3 Å². The molecule has 132 valence electrons. The Hall–Kier alpha value is -2.15. The molecule has 8 heteroatoms. The average Bonchev–Trinajstić information content (AvgIpc) is 2.56. The van der Waals surface area contributed by atoms with Crippen molar-refractivity contribution >= 4 is 29.4 Å². The summed E-state index contributed by atoms with van der Waals surface area (Å²) in [4.78, 5) is 35.4. The number of rotatable bonds is 7. The van der Waals surface area contributed by atoms with Gasteiger partial charge in [0, 0.05) is 0 Å². The second kappa shape index (κ2) is 9.22. The number of hydrogen-bond acceptors (Lipinski definition) is 5. The first-order valence-electron chi connectivity index (χ1n) is 7.29. The van der Waals surface area contributed by atoms with Crippen LogP contribution in [-0.2, 0) is 19.1 Å². The van der Waals surface area contributed by atoms with Gasteiger partial charge in [-0.1, -0.05) is 31.9 Å². The van der Waals surface area contributed by atoms with Crippen LogP contribution in [0.15, 0.2) is 18.2 Å². The van der Waals surface area contributed by atoms with Gasteiger partial charge in [0.2, 0.25) is 0 Å². The van der Waals surface area contributed by atoms with Gasteiger partial charge >= 0.3 is 11.9 Å². The van der Waals surface area contributed by atoms with Gasteiger partial charge < -0.3 is 14.8 Å². The van der Waals surface area contributed by atoms with E-state index in [1.54, 1.807) is 6.92 Å². The van der Waals surface area contributed by atoms with Gasteiger partial charge in [-0.15, -0.1) is 0 Å². The molecule has 0 saturated carbocycles. The highest BCUT2D eigenvalue weighted by Crippen LogP contribution is 2.18. The maximum atomic E-state index is 12.9. The van der Waals surface area contributed by atoms with Crippen LogP contribution in [0, 0.1) is 11.7 Å². The minimum atomic E-state index is -0.867. The predicted octanol–water partition coefficient (Wildman–Crippen LogP) is 2.34. The molecule has 0 saturated heterocycles. The third-order valence-corrected chi connectivity index (χ3v) is 3.78. The van der Waals surface area contributed by atoms with Crippen LogP contribution < -0.4 is 5.32 Å². The Labute approximate surface area is 144 Å². The molecule has 0 bridgehead atoms. The molecule has 0 aromatic heterocycles. The number of hydrogen-bond donors (Lipinski definition) is 1. The lowest BCUT2D eigenvalue weighted by Gasteiger charge is -2.21. The van der Waals surface area contributed by atoms with Crippen molar-refractivity contribution in [2.45, 2.75) is 26.3 Å². The van der Waals surface area contributed by atoms with Crippen LogP contribution >= 0.6 is 11.6 Å². The number of esters is 2. The average molecular weight is 360 g/mol. The first-order valence-corrected chi connectivity index (χ1v) is 7.67. The van der Waals surface area contributed by atoms with Gasteiger partial charge in [0.25, 0.3) is 5.91 Å². The molecule has 0 spiro atoms. The molecule has 0 fully saturated rings. The molecule has 2 atom stereocenters. The van der Waals surface area contributed by atoms with E-state index >= 15 is 0 Å². The zero-order valence-electron chi connectivity index (χ0n) is 13.6. The largest absolute Gasteiger partial charge is 0.467 e. The van der Waals surface area contributed by atoms with E-state index in [9.17, 15) is 18.8 Å². The molecule has 0 aliphatic heterocycles. The predicted molar refractivity (Wildman–Crippen MR) is 85.1 cm³/mol. The minimum Gasteiger partial charge on any atom is -0.467 e. The number of methoxy groups -OCH3 is 1. The molecule has 1 aromatic carbocycles. The molecule has 0 heterocycles. The Morgan fingerprint density at radius 2 is 2.00 bits per heavy atom. The Morgan fingerprint density at radius 1 is 1.33 bits per heavy atom. The fourth-order valence-electron chi connectivity index (χ4n) is 1.88. The quantitative estimate of drug-likeness (QED) is 0.756. The summed E-state index contributed by atoms with van der Waals surface area (Å²) in [7, 11) is 1.22. The lowest BCUT2D eigenvalue weighted by Crippen LogP contribution is -2.47. The fraction of sp³-hybridized carbons (Fsp3) is 0.438. The molecular formula is C16H19ClFNO5. The van der Waals surface area contributed by atoms with Crippen molar-refractivity contribution in [1.29, 1.82) is 0 Å². The van der Waals surface area contributed by atoms with Crippen molar-refractivity contribution in [3.8, 4) is 0 Å². The highest BCUT2D eigenvalue weighted by Gasteiger charge is 2.27. The van der Waals surface area contributed by atoms with Crippen molar-refractivity contribution < 1.29 is 28.2 Å². The zero-order chi connectivity index (χ0) is 18.3. The van der Waals surface area contributed by atoms with E-state index in [1.165, 1.54) is 7.11 Å². The summed E-state index contributed by atoms with van der Waals surface area (Å²) in [6, 6.07) is 2.35. The van der Waals surface area contributed by atoms with Crippen molar-refractivity contribution in [3.63, 3.8) is 0 Å². The SMILES string of the molecule is CC[C@H](C)[C@H](NC(=O)COC(=O)c1ccc(F)cc1Cl)C(=O)OC. The van der Waals surface area contributed by atoms with Crippen LogP contribution in [0.3, 0.4) is 0 Å².